The van der Waals surface area contributed by atoms with Crippen molar-refractivity contribution in [3.63, 3.8) is 0 Å². The molecule has 1 atom stereocenters. The van der Waals surface area contributed by atoms with E-state index in [0.717, 1.165) is 11.1 Å². The molecule has 3 rings (SSSR count). The maximum atomic E-state index is 11.4. The molecule has 0 aromatic heterocycles. The number of rotatable bonds is 7. The molecule has 2 aromatic carbocycles. The van der Waals surface area contributed by atoms with Crippen LogP contribution in [0.25, 0.3) is 0 Å². The van der Waals surface area contributed by atoms with Crippen LogP contribution in [0.1, 0.15) is 30.0 Å². The zero-order valence-electron chi connectivity index (χ0n) is 16.9. The summed E-state index contributed by atoms with van der Waals surface area (Å²) in [4.78, 5) is 13.7. The van der Waals surface area contributed by atoms with Crippen molar-refractivity contribution in [1.29, 1.82) is 0 Å². The molecule has 0 spiro atoms. The number of halogens is 1. The molecule has 1 aliphatic heterocycles. The van der Waals surface area contributed by atoms with Crippen LogP contribution in [0.5, 0.6) is 17.2 Å². The first-order valence-electron chi connectivity index (χ1n) is 9.51. The summed E-state index contributed by atoms with van der Waals surface area (Å²) in [5.41, 5.74) is 1.75. The molecule has 1 fully saturated rings. The number of piperidine rings is 1. The van der Waals surface area contributed by atoms with E-state index in [4.69, 9.17) is 25.8 Å². The van der Waals surface area contributed by atoms with Crippen molar-refractivity contribution in [3.05, 3.63) is 52.5 Å². The maximum absolute atomic E-state index is 11.4. The van der Waals surface area contributed by atoms with Gasteiger partial charge in [-0.15, -0.1) is 0 Å². The smallest absolute Gasteiger partial charge is 0.306 e. The topological polar surface area (TPSA) is 68.2 Å². The number of carboxylic acids is 1. The summed E-state index contributed by atoms with van der Waals surface area (Å²) in [6.07, 6.45) is 1.15. The van der Waals surface area contributed by atoms with Gasteiger partial charge in [-0.3, -0.25) is 9.69 Å². The van der Waals surface area contributed by atoms with Crippen molar-refractivity contribution in [3.8, 4) is 17.2 Å². The van der Waals surface area contributed by atoms with E-state index in [2.05, 4.69) is 4.90 Å². The van der Waals surface area contributed by atoms with Crippen molar-refractivity contribution in [2.24, 2.45) is 5.92 Å². The van der Waals surface area contributed by atoms with Crippen molar-refractivity contribution in [1.82, 2.24) is 4.90 Å². The molecular formula is C22H26ClNO5. The molecule has 0 saturated carbocycles. The summed E-state index contributed by atoms with van der Waals surface area (Å²) in [6.45, 7) is 1.25. The van der Waals surface area contributed by atoms with Gasteiger partial charge in [-0.25, -0.2) is 0 Å². The number of nitrogens with zero attached hydrogens (tertiary/aromatic N) is 1. The maximum Gasteiger partial charge on any atom is 0.306 e. The minimum atomic E-state index is -0.739. The first kappa shape index (κ1) is 21.3. The SMILES string of the molecule is COc1ccc(Cl)cc1C(c1c(OC)cccc1OC)N1CCC(C(=O)O)CC1. The van der Waals surface area contributed by atoms with Crippen molar-refractivity contribution in [2.45, 2.75) is 18.9 Å². The van der Waals surface area contributed by atoms with E-state index in [9.17, 15) is 9.90 Å². The Balaban J connectivity index is 2.14. The number of likely N-dealkylation sites (tertiary alicyclic amines) is 1. The summed E-state index contributed by atoms with van der Waals surface area (Å²) in [5, 5.41) is 9.98. The molecule has 0 aliphatic carbocycles. The van der Waals surface area contributed by atoms with Crippen LogP contribution in [0.15, 0.2) is 36.4 Å². The van der Waals surface area contributed by atoms with Gasteiger partial charge in [-0.05, 0) is 56.3 Å². The molecule has 7 heteroatoms. The van der Waals surface area contributed by atoms with Crippen LogP contribution in [0.2, 0.25) is 5.02 Å². The molecule has 29 heavy (non-hydrogen) atoms. The number of benzene rings is 2. The van der Waals surface area contributed by atoms with Crippen LogP contribution < -0.4 is 14.2 Å². The minimum absolute atomic E-state index is 0.260. The lowest BCUT2D eigenvalue weighted by Crippen LogP contribution is -2.39. The van der Waals surface area contributed by atoms with Crippen molar-refractivity contribution < 1.29 is 24.1 Å². The average molecular weight is 420 g/mol. The predicted octanol–water partition coefficient (Wildman–Crippen LogP) is 4.25. The van der Waals surface area contributed by atoms with Crippen LogP contribution in [-0.2, 0) is 4.79 Å². The molecule has 156 valence electrons. The summed E-state index contributed by atoms with van der Waals surface area (Å²) >= 11 is 6.34. The third kappa shape index (κ3) is 4.43. The van der Waals surface area contributed by atoms with Gasteiger partial charge in [0.25, 0.3) is 0 Å². The third-order valence-corrected chi connectivity index (χ3v) is 5.70. The number of aliphatic carboxylic acids is 1. The van der Waals surface area contributed by atoms with Crippen LogP contribution in [0, 0.1) is 5.92 Å². The molecule has 1 aliphatic rings. The van der Waals surface area contributed by atoms with Crippen LogP contribution >= 0.6 is 11.6 Å². The van der Waals surface area contributed by atoms with Crippen LogP contribution in [0.4, 0.5) is 0 Å². The fourth-order valence-electron chi connectivity index (χ4n) is 4.01. The highest BCUT2D eigenvalue weighted by molar-refractivity contribution is 6.30. The van der Waals surface area contributed by atoms with Gasteiger partial charge >= 0.3 is 5.97 Å². The average Bonchev–Trinajstić information content (AvgIpc) is 2.74. The van der Waals surface area contributed by atoms with E-state index >= 15 is 0 Å². The number of hydrogen-bond donors (Lipinski definition) is 1. The largest absolute Gasteiger partial charge is 0.496 e. The van der Waals surface area contributed by atoms with Crippen LogP contribution in [-0.4, -0.2) is 50.4 Å². The van der Waals surface area contributed by atoms with Crippen molar-refractivity contribution in [2.75, 3.05) is 34.4 Å². The fraction of sp³-hybridized carbons (Fsp3) is 0.409. The highest BCUT2D eigenvalue weighted by Gasteiger charge is 2.34. The quantitative estimate of drug-likeness (QED) is 0.723. The molecule has 1 unspecified atom stereocenters. The van der Waals surface area contributed by atoms with E-state index in [0.29, 0.717) is 48.2 Å². The van der Waals surface area contributed by atoms with Gasteiger partial charge in [0.2, 0.25) is 0 Å². The van der Waals surface area contributed by atoms with E-state index in [-0.39, 0.29) is 12.0 Å². The summed E-state index contributed by atoms with van der Waals surface area (Å²) in [7, 11) is 4.88. The van der Waals surface area contributed by atoms with E-state index < -0.39 is 5.97 Å². The normalized spacial score (nSPS) is 16.3. The molecule has 1 saturated heterocycles. The fourth-order valence-corrected chi connectivity index (χ4v) is 4.19. The van der Waals surface area contributed by atoms with E-state index in [1.54, 1.807) is 27.4 Å². The molecule has 0 amide bonds. The first-order valence-corrected chi connectivity index (χ1v) is 9.89. The standard InChI is InChI=1S/C22H26ClNO5/c1-27-17-8-7-15(23)13-16(17)21(24-11-9-14(10-12-24)22(25)26)20-18(28-2)5-4-6-19(20)29-3/h4-8,13-14,21H,9-12H2,1-3H3,(H,25,26). The zero-order valence-corrected chi connectivity index (χ0v) is 17.6. The van der Waals surface area contributed by atoms with Crippen LogP contribution in [0.3, 0.4) is 0 Å². The Morgan fingerprint density at radius 1 is 1.03 bits per heavy atom. The Morgan fingerprint density at radius 3 is 2.14 bits per heavy atom. The molecular weight excluding hydrogens is 394 g/mol. The number of hydrogen-bond acceptors (Lipinski definition) is 5. The number of carbonyl (C=O) groups is 1. The minimum Gasteiger partial charge on any atom is -0.496 e. The zero-order chi connectivity index (χ0) is 21.0. The van der Waals surface area contributed by atoms with Gasteiger partial charge in [-0.2, -0.15) is 0 Å². The Bertz CT molecular complexity index is 842. The van der Waals surface area contributed by atoms with Gasteiger partial charge in [0.05, 0.1) is 38.9 Å². The van der Waals surface area contributed by atoms with Gasteiger partial charge in [-0.1, -0.05) is 17.7 Å². The molecule has 0 bridgehead atoms. The highest BCUT2D eigenvalue weighted by Crippen LogP contribution is 2.45. The molecule has 0 radical (unpaired) electrons. The van der Waals surface area contributed by atoms with Crippen molar-refractivity contribution >= 4 is 17.6 Å². The Labute approximate surface area is 175 Å². The van der Waals surface area contributed by atoms with Gasteiger partial charge in [0, 0.05) is 10.6 Å². The number of carboxylic acid groups (broad SMARTS) is 1. The second-order valence-corrected chi connectivity index (χ2v) is 7.45. The number of ether oxygens (including phenoxy) is 3. The van der Waals surface area contributed by atoms with E-state index in [1.807, 2.05) is 30.3 Å². The Morgan fingerprint density at radius 2 is 1.62 bits per heavy atom. The van der Waals surface area contributed by atoms with Gasteiger partial charge < -0.3 is 19.3 Å². The summed E-state index contributed by atoms with van der Waals surface area (Å²) < 4.78 is 17.0. The second kappa shape index (κ2) is 9.37. The van der Waals surface area contributed by atoms with Gasteiger partial charge in [0.1, 0.15) is 17.2 Å². The Kier molecular flexibility index (Phi) is 6.87. The molecule has 1 heterocycles. The summed E-state index contributed by atoms with van der Waals surface area (Å²) in [5.74, 6) is 1.02. The predicted molar refractivity (Wildman–Crippen MR) is 111 cm³/mol. The summed E-state index contributed by atoms with van der Waals surface area (Å²) in [6, 6.07) is 10.9. The Hall–Kier alpha value is -2.44. The number of methoxy groups -OCH3 is 3. The monoisotopic (exact) mass is 419 g/mol. The molecule has 6 nitrogen and oxygen atoms in total. The molecule has 2 aromatic rings. The second-order valence-electron chi connectivity index (χ2n) is 7.01. The highest BCUT2D eigenvalue weighted by atomic mass is 35.5. The first-order chi connectivity index (χ1) is 14.0. The lowest BCUT2D eigenvalue weighted by atomic mass is 9.90. The van der Waals surface area contributed by atoms with E-state index in [1.165, 1.54) is 0 Å². The molecule has 1 N–H and O–H groups in total. The lowest BCUT2D eigenvalue weighted by Gasteiger charge is -2.38. The van der Waals surface area contributed by atoms with Gasteiger partial charge in [0.15, 0.2) is 0 Å². The lowest BCUT2D eigenvalue weighted by molar-refractivity contribution is -0.143. The third-order valence-electron chi connectivity index (χ3n) is 5.47.